The standard InChI is InChI=1S/C12H18N6O/c1-9-7-10(16(2)15-9)8-17-4-3-11-13-14-12(19)18(11)6-5-17/h7H,3-6,8H2,1-2H3,(H,14,19). The summed E-state index contributed by atoms with van der Waals surface area (Å²) in [5.41, 5.74) is 2.14. The number of nitrogens with zero attached hydrogens (tertiary/aromatic N) is 5. The zero-order valence-electron chi connectivity index (χ0n) is 11.3. The van der Waals surface area contributed by atoms with Crippen LogP contribution in [0.4, 0.5) is 0 Å². The van der Waals surface area contributed by atoms with Gasteiger partial charge in [0.15, 0.2) is 0 Å². The Morgan fingerprint density at radius 2 is 2.21 bits per heavy atom. The van der Waals surface area contributed by atoms with Crippen LogP contribution in [0.1, 0.15) is 17.2 Å². The summed E-state index contributed by atoms with van der Waals surface area (Å²) in [6.07, 6.45) is 0.801. The molecule has 0 unspecified atom stereocenters. The molecule has 0 aliphatic carbocycles. The number of hydrogen-bond donors (Lipinski definition) is 1. The van der Waals surface area contributed by atoms with E-state index in [-0.39, 0.29) is 5.69 Å². The molecule has 3 heterocycles. The molecule has 0 saturated carbocycles. The highest BCUT2D eigenvalue weighted by atomic mass is 16.1. The first-order valence-electron chi connectivity index (χ1n) is 6.49. The lowest BCUT2D eigenvalue weighted by molar-refractivity contribution is 0.263. The molecule has 3 rings (SSSR count). The molecule has 0 radical (unpaired) electrons. The monoisotopic (exact) mass is 262 g/mol. The molecule has 7 nitrogen and oxygen atoms in total. The zero-order valence-corrected chi connectivity index (χ0v) is 11.3. The Labute approximate surface area is 110 Å². The average molecular weight is 262 g/mol. The lowest BCUT2D eigenvalue weighted by Crippen LogP contribution is -2.29. The quantitative estimate of drug-likeness (QED) is 0.804. The van der Waals surface area contributed by atoms with Crippen molar-refractivity contribution in [2.75, 3.05) is 13.1 Å². The predicted molar refractivity (Wildman–Crippen MR) is 69.8 cm³/mol. The Morgan fingerprint density at radius 1 is 1.37 bits per heavy atom. The van der Waals surface area contributed by atoms with Gasteiger partial charge in [0.2, 0.25) is 0 Å². The lowest BCUT2D eigenvalue weighted by atomic mass is 10.3. The maximum Gasteiger partial charge on any atom is 0.343 e. The third kappa shape index (κ3) is 2.33. The summed E-state index contributed by atoms with van der Waals surface area (Å²) in [4.78, 5) is 13.9. The van der Waals surface area contributed by atoms with Gasteiger partial charge in [-0.3, -0.25) is 14.1 Å². The summed E-state index contributed by atoms with van der Waals surface area (Å²) in [5, 5.41) is 10.9. The third-order valence-corrected chi connectivity index (χ3v) is 3.61. The van der Waals surface area contributed by atoms with Gasteiger partial charge in [0.05, 0.1) is 11.4 Å². The van der Waals surface area contributed by atoms with Crippen LogP contribution in [0.5, 0.6) is 0 Å². The van der Waals surface area contributed by atoms with E-state index < -0.39 is 0 Å². The van der Waals surface area contributed by atoms with E-state index in [9.17, 15) is 4.79 Å². The molecule has 2 aromatic rings. The van der Waals surface area contributed by atoms with Crippen molar-refractivity contribution in [3.05, 3.63) is 33.8 Å². The van der Waals surface area contributed by atoms with E-state index in [1.165, 1.54) is 5.69 Å². The van der Waals surface area contributed by atoms with Gasteiger partial charge in [-0.15, -0.1) is 0 Å². The first-order valence-corrected chi connectivity index (χ1v) is 6.49. The van der Waals surface area contributed by atoms with Crippen molar-refractivity contribution >= 4 is 0 Å². The Hall–Kier alpha value is -1.89. The highest BCUT2D eigenvalue weighted by Crippen LogP contribution is 2.09. The first-order chi connectivity index (χ1) is 9.13. The molecule has 0 spiro atoms. The molecule has 1 aliphatic rings. The summed E-state index contributed by atoms with van der Waals surface area (Å²) in [6, 6.07) is 2.11. The van der Waals surface area contributed by atoms with Gasteiger partial charge in [0.1, 0.15) is 5.82 Å². The molecule has 0 bridgehead atoms. The fourth-order valence-corrected chi connectivity index (χ4v) is 2.58. The van der Waals surface area contributed by atoms with Crippen LogP contribution < -0.4 is 5.69 Å². The fourth-order valence-electron chi connectivity index (χ4n) is 2.58. The number of aryl methyl sites for hydroxylation is 2. The fraction of sp³-hybridized carbons (Fsp3) is 0.583. The van der Waals surface area contributed by atoms with Crippen LogP contribution in [-0.4, -0.2) is 42.5 Å². The minimum absolute atomic E-state index is 0.103. The molecule has 0 fully saturated rings. The summed E-state index contributed by atoms with van der Waals surface area (Å²) in [5.74, 6) is 0.855. The molecule has 1 aliphatic heterocycles. The Balaban J connectivity index is 1.72. The van der Waals surface area contributed by atoms with E-state index in [0.29, 0.717) is 6.54 Å². The van der Waals surface area contributed by atoms with E-state index in [1.807, 2.05) is 18.7 Å². The van der Waals surface area contributed by atoms with Crippen LogP contribution in [0.3, 0.4) is 0 Å². The average Bonchev–Trinajstić information content (AvgIpc) is 2.79. The molecular formula is C12H18N6O. The second-order valence-corrected chi connectivity index (χ2v) is 5.02. The smallest absolute Gasteiger partial charge is 0.295 e. The lowest BCUT2D eigenvalue weighted by Gasteiger charge is -2.19. The van der Waals surface area contributed by atoms with Crippen LogP contribution >= 0.6 is 0 Å². The van der Waals surface area contributed by atoms with E-state index in [4.69, 9.17) is 0 Å². The Morgan fingerprint density at radius 3 is 2.95 bits per heavy atom. The third-order valence-electron chi connectivity index (χ3n) is 3.61. The van der Waals surface area contributed by atoms with Crippen LogP contribution in [0.15, 0.2) is 10.9 Å². The number of hydrogen-bond acceptors (Lipinski definition) is 4. The van der Waals surface area contributed by atoms with Gasteiger partial charge < -0.3 is 0 Å². The molecular weight excluding hydrogens is 244 g/mol. The van der Waals surface area contributed by atoms with Gasteiger partial charge in [-0.1, -0.05) is 0 Å². The molecule has 102 valence electrons. The summed E-state index contributed by atoms with van der Waals surface area (Å²) in [6.45, 7) is 5.33. The van der Waals surface area contributed by atoms with E-state index in [2.05, 4.69) is 26.3 Å². The number of aromatic amines is 1. The van der Waals surface area contributed by atoms with Crippen LogP contribution in [0, 0.1) is 6.92 Å². The Kier molecular flexibility index (Phi) is 2.98. The van der Waals surface area contributed by atoms with Crippen molar-refractivity contribution in [3.63, 3.8) is 0 Å². The molecule has 1 N–H and O–H groups in total. The molecule has 0 amide bonds. The van der Waals surface area contributed by atoms with E-state index in [1.54, 1.807) is 4.57 Å². The largest absolute Gasteiger partial charge is 0.343 e. The topological polar surface area (TPSA) is 71.7 Å². The zero-order chi connectivity index (χ0) is 13.4. The highest BCUT2D eigenvalue weighted by Gasteiger charge is 2.17. The van der Waals surface area contributed by atoms with Gasteiger partial charge >= 0.3 is 5.69 Å². The van der Waals surface area contributed by atoms with E-state index >= 15 is 0 Å². The summed E-state index contributed by atoms with van der Waals surface area (Å²) < 4.78 is 3.65. The molecule has 0 saturated heterocycles. The second-order valence-electron chi connectivity index (χ2n) is 5.02. The minimum Gasteiger partial charge on any atom is -0.295 e. The number of fused-ring (bicyclic) bond motifs is 1. The number of nitrogens with one attached hydrogen (secondary N) is 1. The van der Waals surface area contributed by atoms with Gasteiger partial charge in [0.25, 0.3) is 0 Å². The molecule has 0 aromatic carbocycles. The van der Waals surface area contributed by atoms with Crippen molar-refractivity contribution < 1.29 is 0 Å². The SMILES string of the molecule is Cc1cc(CN2CCc3n[nH]c(=O)n3CC2)n(C)n1. The van der Waals surface area contributed by atoms with Crippen LogP contribution in [-0.2, 0) is 26.6 Å². The van der Waals surface area contributed by atoms with Crippen molar-refractivity contribution in [2.45, 2.75) is 26.4 Å². The molecule has 0 atom stereocenters. The van der Waals surface area contributed by atoms with Gasteiger partial charge in [-0.05, 0) is 13.0 Å². The molecule has 19 heavy (non-hydrogen) atoms. The second kappa shape index (κ2) is 4.65. The molecule has 2 aromatic heterocycles. The summed E-state index contributed by atoms with van der Waals surface area (Å²) >= 11 is 0. The van der Waals surface area contributed by atoms with Gasteiger partial charge in [-0.2, -0.15) is 10.2 Å². The minimum atomic E-state index is -0.103. The highest BCUT2D eigenvalue weighted by molar-refractivity contribution is 5.08. The summed E-state index contributed by atoms with van der Waals surface area (Å²) in [7, 11) is 1.97. The normalized spacial score (nSPS) is 16.3. The van der Waals surface area contributed by atoms with Gasteiger partial charge in [-0.25, -0.2) is 9.89 Å². The predicted octanol–water partition coefficient (Wildman–Crippen LogP) is -0.328. The maximum atomic E-state index is 11.6. The molecule has 7 heteroatoms. The van der Waals surface area contributed by atoms with Crippen molar-refractivity contribution in [1.29, 1.82) is 0 Å². The number of H-pyrrole nitrogens is 1. The Bertz CT molecular complexity index is 637. The number of rotatable bonds is 2. The van der Waals surface area contributed by atoms with Crippen molar-refractivity contribution in [3.8, 4) is 0 Å². The first kappa shape index (κ1) is 12.2. The van der Waals surface area contributed by atoms with Crippen molar-refractivity contribution in [2.24, 2.45) is 7.05 Å². The van der Waals surface area contributed by atoms with E-state index in [0.717, 1.165) is 37.6 Å². The van der Waals surface area contributed by atoms with Gasteiger partial charge in [0, 0.05) is 39.6 Å². The van der Waals surface area contributed by atoms with Crippen molar-refractivity contribution in [1.82, 2.24) is 29.4 Å². The number of aromatic nitrogens is 5. The maximum absolute atomic E-state index is 11.6. The van der Waals surface area contributed by atoms with Crippen LogP contribution in [0.25, 0.3) is 0 Å². The van der Waals surface area contributed by atoms with Crippen LogP contribution in [0.2, 0.25) is 0 Å².